The van der Waals surface area contributed by atoms with E-state index in [-0.39, 0.29) is 29.4 Å². The molecule has 0 atom stereocenters. The standard InChI is InChI=1S/C23H35ClN4O.HI/c1-2-25-22(27-18-9-13-28(14-10-18)19-7-8-19)26-17-23(11-15-29-16-12-23)20-5-3-4-6-21(20)24;/h3-6,18-19H,2,7-17H2,1H3,(H2,25,26,27);1H. The lowest BCUT2D eigenvalue weighted by molar-refractivity contribution is 0.0531. The third kappa shape index (κ3) is 6.02. The van der Waals surface area contributed by atoms with Crippen molar-refractivity contribution in [1.82, 2.24) is 15.5 Å². The number of hydrogen-bond donors (Lipinski definition) is 2. The SMILES string of the molecule is CCNC(=NCC1(c2ccccc2Cl)CCOCC1)NC1CCN(C2CC2)CC1.I. The van der Waals surface area contributed by atoms with Crippen molar-refractivity contribution in [2.75, 3.05) is 39.4 Å². The molecule has 5 nitrogen and oxygen atoms in total. The molecule has 1 aromatic rings. The molecular weight excluding hydrogens is 511 g/mol. The molecule has 0 unspecified atom stereocenters. The average molecular weight is 547 g/mol. The predicted molar refractivity (Wildman–Crippen MR) is 135 cm³/mol. The topological polar surface area (TPSA) is 48.9 Å². The van der Waals surface area contributed by atoms with Crippen LogP contribution in [0.3, 0.4) is 0 Å². The summed E-state index contributed by atoms with van der Waals surface area (Å²) in [6.45, 7) is 7.69. The first kappa shape index (κ1) is 24.1. The van der Waals surface area contributed by atoms with Crippen LogP contribution in [-0.4, -0.2) is 62.3 Å². The number of benzene rings is 1. The van der Waals surface area contributed by atoms with E-state index >= 15 is 0 Å². The second kappa shape index (κ2) is 11.3. The number of nitrogens with one attached hydrogen (secondary N) is 2. The minimum atomic E-state index is -0.0473. The highest BCUT2D eigenvalue weighted by Gasteiger charge is 2.36. The van der Waals surface area contributed by atoms with Crippen molar-refractivity contribution in [2.45, 2.75) is 62.9 Å². The monoisotopic (exact) mass is 546 g/mol. The van der Waals surface area contributed by atoms with Gasteiger partial charge in [0, 0.05) is 55.4 Å². The van der Waals surface area contributed by atoms with E-state index in [1.54, 1.807) is 0 Å². The third-order valence-electron chi connectivity index (χ3n) is 6.71. The van der Waals surface area contributed by atoms with Crippen LogP contribution in [0.25, 0.3) is 0 Å². The predicted octanol–water partition coefficient (Wildman–Crippen LogP) is 4.19. The van der Waals surface area contributed by atoms with Gasteiger partial charge >= 0.3 is 0 Å². The molecule has 0 radical (unpaired) electrons. The van der Waals surface area contributed by atoms with E-state index < -0.39 is 0 Å². The molecule has 1 saturated carbocycles. The van der Waals surface area contributed by atoms with Gasteiger partial charge in [-0.2, -0.15) is 0 Å². The number of piperidine rings is 1. The Balaban J connectivity index is 0.00000256. The number of hydrogen-bond acceptors (Lipinski definition) is 3. The summed E-state index contributed by atoms with van der Waals surface area (Å²) in [6, 6.07) is 9.63. The maximum atomic E-state index is 6.60. The minimum Gasteiger partial charge on any atom is -0.381 e. The zero-order chi connectivity index (χ0) is 20.1. The van der Waals surface area contributed by atoms with Gasteiger partial charge in [-0.3, -0.25) is 4.99 Å². The number of nitrogens with zero attached hydrogens (tertiary/aromatic N) is 2. The largest absolute Gasteiger partial charge is 0.381 e. The average Bonchev–Trinajstić information content (AvgIpc) is 3.59. The van der Waals surface area contributed by atoms with E-state index in [0.29, 0.717) is 6.04 Å². The maximum absolute atomic E-state index is 6.60. The van der Waals surface area contributed by atoms with Crippen molar-refractivity contribution >= 4 is 41.5 Å². The van der Waals surface area contributed by atoms with Gasteiger partial charge in [-0.05, 0) is 57.1 Å². The molecule has 1 aromatic carbocycles. The molecule has 0 spiro atoms. The molecule has 0 aromatic heterocycles. The summed E-state index contributed by atoms with van der Waals surface area (Å²) in [4.78, 5) is 7.72. The number of ether oxygens (including phenoxy) is 1. The van der Waals surface area contributed by atoms with Crippen LogP contribution in [0.5, 0.6) is 0 Å². The van der Waals surface area contributed by atoms with Gasteiger partial charge < -0.3 is 20.3 Å². The summed E-state index contributed by atoms with van der Waals surface area (Å²) in [5, 5.41) is 8.01. The van der Waals surface area contributed by atoms with E-state index in [4.69, 9.17) is 21.3 Å². The lowest BCUT2D eigenvalue weighted by Crippen LogP contribution is -2.49. The normalized spacial score (nSPS) is 22.9. The van der Waals surface area contributed by atoms with Gasteiger partial charge in [0.15, 0.2) is 5.96 Å². The molecule has 2 aliphatic heterocycles. The smallest absolute Gasteiger partial charge is 0.191 e. The zero-order valence-electron chi connectivity index (χ0n) is 18.0. The first-order valence-corrected chi connectivity index (χ1v) is 11.7. The van der Waals surface area contributed by atoms with Gasteiger partial charge in [0.2, 0.25) is 0 Å². The van der Waals surface area contributed by atoms with Crippen LogP contribution in [0.2, 0.25) is 5.02 Å². The Bertz CT molecular complexity index is 698. The van der Waals surface area contributed by atoms with Crippen molar-refractivity contribution < 1.29 is 4.74 Å². The zero-order valence-corrected chi connectivity index (χ0v) is 21.1. The highest BCUT2D eigenvalue weighted by Crippen LogP contribution is 2.39. The van der Waals surface area contributed by atoms with E-state index in [9.17, 15) is 0 Å². The van der Waals surface area contributed by atoms with Crippen LogP contribution >= 0.6 is 35.6 Å². The van der Waals surface area contributed by atoms with Gasteiger partial charge in [-0.25, -0.2) is 0 Å². The minimum absolute atomic E-state index is 0. The van der Waals surface area contributed by atoms with E-state index in [1.165, 1.54) is 44.3 Å². The van der Waals surface area contributed by atoms with Gasteiger partial charge in [0.05, 0.1) is 6.54 Å². The Morgan fingerprint density at radius 1 is 1.17 bits per heavy atom. The molecule has 2 saturated heterocycles. The molecule has 3 fully saturated rings. The molecule has 4 rings (SSSR count). The second-order valence-electron chi connectivity index (χ2n) is 8.75. The fraction of sp³-hybridized carbons (Fsp3) is 0.696. The lowest BCUT2D eigenvalue weighted by Gasteiger charge is -2.37. The molecule has 2 N–H and O–H groups in total. The number of halogens is 2. The summed E-state index contributed by atoms with van der Waals surface area (Å²) in [7, 11) is 0. The first-order chi connectivity index (χ1) is 14.2. The summed E-state index contributed by atoms with van der Waals surface area (Å²) in [6.07, 6.45) is 7.11. The molecular formula is C23H36ClIN4O. The summed E-state index contributed by atoms with van der Waals surface area (Å²) < 4.78 is 5.67. The van der Waals surface area contributed by atoms with Crippen LogP contribution < -0.4 is 10.6 Å². The van der Waals surface area contributed by atoms with E-state index in [2.05, 4.69) is 34.6 Å². The van der Waals surface area contributed by atoms with Gasteiger partial charge in [-0.15, -0.1) is 24.0 Å². The number of aliphatic imine (C=N–C) groups is 1. The molecule has 2 heterocycles. The quantitative estimate of drug-likeness (QED) is 0.319. The highest BCUT2D eigenvalue weighted by atomic mass is 127. The molecule has 3 aliphatic rings. The summed E-state index contributed by atoms with van der Waals surface area (Å²) in [5.74, 6) is 0.940. The van der Waals surface area contributed by atoms with Crippen LogP contribution in [0, 0.1) is 0 Å². The Morgan fingerprint density at radius 2 is 1.87 bits per heavy atom. The highest BCUT2D eigenvalue weighted by molar-refractivity contribution is 14.0. The van der Waals surface area contributed by atoms with Crippen molar-refractivity contribution in [3.05, 3.63) is 34.9 Å². The summed E-state index contributed by atoms with van der Waals surface area (Å²) >= 11 is 6.60. The van der Waals surface area contributed by atoms with Crippen LogP contribution in [0.4, 0.5) is 0 Å². The second-order valence-corrected chi connectivity index (χ2v) is 9.16. The van der Waals surface area contributed by atoms with Crippen LogP contribution in [-0.2, 0) is 10.2 Å². The van der Waals surface area contributed by atoms with Gasteiger partial charge in [0.25, 0.3) is 0 Å². The molecule has 168 valence electrons. The Hall–Kier alpha value is -0.570. The fourth-order valence-electron chi connectivity index (χ4n) is 4.76. The Morgan fingerprint density at radius 3 is 2.50 bits per heavy atom. The van der Waals surface area contributed by atoms with Crippen molar-refractivity contribution in [1.29, 1.82) is 0 Å². The maximum Gasteiger partial charge on any atom is 0.191 e. The molecule has 1 aliphatic carbocycles. The van der Waals surface area contributed by atoms with Crippen molar-refractivity contribution in [2.24, 2.45) is 4.99 Å². The molecule has 0 bridgehead atoms. The van der Waals surface area contributed by atoms with E-state index in [0.717, 1.165) is 56.2 Å². The molecule has 7 heteroatoms. The van der Waals surface area contributed by atoms with Crippen LogP contribution in [0.15, 0.2) is 29.3 Å². The summed E-state index contributed by atoms with van der Waals surface area (Å²) in [5.41, 5.74) is 1.16. The van der Waals surface area contributed by atoms with Crippen LogP contribution in [0.1, 0.15) is 51.0 Å². The molecule has 0 amide bonds. The van der Waals surface area contributed by atoms with Gasteiger partial charge in [-0.1, -0.05) is 29.8 Å². The van der Waals surface area contributed by atoms with Crippen molar-refractivity contribution in [3.63, 3.8) is 0 Å². The number of likely N-dealkylation sites (tertiary alicyclic amines) is 1. The first-order valence-electron chi connectivity index (χ1n) is 11.3. The Kier molecular flexibility index (Phi) is 9.10. The molecule has 30 heavy (non-hydrogen) atoms. The number of rotatable bonds is 6. The van der Waals surface area contributed by atoms with Gasteiger partial charge in [0.1, 0.15) is 0 Å². The number of guanidine groups is 1. The third-order valence-corrected chi connectivity index (χ3v) is 7.04. The Labute approximate surface area is 203 Å². The van der Waals surface area contributed by atoms with Crippen molar-refractivity contribution in [3.8, 4) is 0 Å². The lowest BCUT2D eigenvalue weighted by atomic mass is 9.74. The van der Waals surface area contributed by atoms with E-state index in [1.807, 2.05) is 12.1 Å². The fourth-order valence-corrected chi connectivity index (χ4v) is 5.09.